The minimum Gasteiger partial charge on any atom is -0.496 e. The van der Waals surface area contributed by atoms with Crippen molar-refractivity contribution in [3.8, 4) is 23.0 Å². The van der Waals surface area contributed by atoms with Gasteiger partial charge in [0.2, 0.25) is 0 Å². The van der Waals surface area contributed by atoms with Crippen LogP contribution in [0.4, 0.5) is 4.79 Å². The van der Waals surface area contributed by atoms with Gasteiger partial charge in [0.15, 0.2) is 0 Å². The van der Waals surface area contributed by atoms with Gasteiger partial charge in [0, 0.05) is 17.6 Å². The molecular formula is C46H62NO6P3. The molecule has 7 nitrogen and oxygen atoms in total. The van der Waals surface area contributed by atoms with Gasteiger partial charge in [-0.3, -0.25) is 0 Å². The third kappa shape index (κ3) is 8.30. The van der Waals surface area contributed by atoms with Crippen LogP contribution in [-0.2, 0) is 0 Å². The Balaban J connectivity index is 1.78. The van der Waals surface area contributed by atoms with E-state index in [0.717, 1.165) is 73.9 Å². The number of ether oxygens (including phenoxy) is 4. The summed E-state index contributed by atoms with van der Waals surface area (Å²) in [6.07, 6.45) is -0.124. The van der Waals surface area contributed by atoms with Gasteiger partial charge in [0.05, 0.1) is 34.0 Å². The molecule has 0 saturated carbocycles. The number of hydrogen-bond acceptors (Lipinski definition) is 5. The fraction of sp³-hybridized carbons (Fsp3) is 0.457. The summed E-state index contributed by atoms with van der Waals surface area (Å²) in [6.45, 7) is 24.1. The molecule has 0 radical (unpaired) electrons. The zero-order chi connectivity index (χ0) is 41.4. The Bertz CT molecular complexity index is 1900. The molecule has 1 N–H and O–H groups in total. The van der Waals surface area contributed by atoms with E-state index >= 15 is 0 Å². The monoisotopic (exact) mass is 817 g/mol. The summed E-state index contributed by atoms with van der Waals surface area (Å²) in [5, 5.41) is 16.4. The van der Waals surface area contributed by atoms with Crippen LogP contribution in [-0.4, -0.2) is 67.7 Å². The topological polar surface area (TPSA) is 77.5 Å². The number of hydrogen-bond donors (Lipinski definition) is 1. The molecule has 5 rings (SSSR count). The van der Waals surface area contributed by atoms with Crippen molar-refractivity contribution in [3.63, 3.8) is 0 Å². The van der Waals surface area contributed by atoms with E-state index in [1.807, 2.05) is 4.90 Å². The number of aryl methyl sites for hydroxylation is 8. The lowest BCUT2D eigenvalue weighted by atomic mass is 9.72. The van der Waals surface area contributed by atoms with Crippen molar-refractivity contribution in [2.75, 3.05) is 35.0 Å². The SMILES string of the molecule is COc1c(C)cc(PC(Pc2cc(C)c(OC)c(C)c2)[C@@]2(C(C)(C)C)C[C@H](P(c3cc(C)c(OC)c(C)c3)c3cc(C)c(OC)c(C)c3)CN2C(=O)O)cc1C. The number of nitrogens with zero attached hydrogens (tertiary/aromatic N) is 1. The largest absolute Gasteiger partial charge is 0.496 e. The van der Waals surface area contributed by atoms with Crippen molar-refractivity contribution in [2.24, 2.45) is 5.41 Å². The Hall–Kier alpha value is -3.36. The highest BCUT2D eigenvalue weighted by Crippen LogP contribution is 2.61. The van der Waals surface area contributed by atoms with E-state index in [1.165, 1.54) is 21.2 Å². The van der Waals surface area contributed by atoms with Crippen molar-refractivity contribution in [1.82, 2.24) is 4.90 Å². The van der Waals surface area contributed by atoms with Gasteiger partial charge in [0.25, 0.3) is 0 Å². The fourth-order valence-corrected chi connectivity index (χ4v) is 17.7. The molecule has 4 atom stereocenters. The quantitative estimate of drug-likeness (QED) is 0.144. The van der Waals surface area contributed by atoms with E-state index in [1.54, 1.807) is 28.4 Å². The van der Waals surface area contributed by atoms with Crippen LogP contribution >= 0.6 is 25.1 Å². The molecular weight excluding hydrogens is 755 g/mol. The molecule has 0 spiro atoms. The Morgan fingerprint density at radius 2 is 0.946 bits per heavy atom. The Labute approximate surface area is 340 Å². The molecule has 2 unspecified atom stereocenters. The maximum atomic E-state index is 14.0. The molecule has 302 valence electrons. The van der Waals surface area contributed by atoms with Gasteiger partial charge in [-0.1, -0.05) is 37.9 Å². The highest BCUT2D eigenvalue weighted by molar-refractivity contribution is 7.73. The molecule has 1 aliphatic heterocycles. The highest BCUT2D eigenvalue weighted by atomic mass is 31.1. The van der Waals surface area contributed by atoms with Gasteiger partial charge in [-0.05, 0) is 189 Å². The van der Waals surface area contributed by atoms with Gasteiger partial charge in [0.1, 0.15) is 23.0 Å². The minimum atomic E-state index is -1.03. The molecule has 56 heavy (non-hydrogen) atoms. The predicted octanol–water partition coefficient (Wildman–Crippen LogP) is 9.49. The fourth-order valence-electron chi connectivity index (χ4n) is 9.41. The van der Waals surface area contributed by atoms with Crippen LogP contribution < -0.4 is 40.2 Å². The second-order valence-corrected chi connectivity index (χ2v) is 22.5. The minimum absolute atomic E-state index is 0.00137. The zero-order valence-corrected chi connectivity index (χ0v) is 39.0. The lowest BCUT2D eigenvalue weighted by Gasteiger charge is -2.52. The van der Waals surface area contributed by atoms with Crippen molar-refractivity contribution in [1.29, 1.82) is 0 Å². The number of amides is 1. The number of carbonyl (C=O) groups is 1. The summed E-state index contributed by atoms with van der Waals surface area (Å²) in [5.74, 6) is 3.59. The lowest BCUT2D eigenvalue weighted by molar-refractivity contribution is 0.0418. The normalized spacial score (nSPS) is 18.1. The summed E-state index contributed by atoms with van der Waals surface area (Å²) < 4.78 is 23.2. The molecule has 0 aromatic heterocycles. The maximum Gasteiger partial charge on any atom is 0.407 e. The van der Waals surface area contributed by atoms with Gasteiger partial charge >= 0.3 is 6.09 Å². The van der Waals surface area contributed by atoms with Crippen LogP contribution in [0.25, 0.3) is 0 Å². The van der Waals surface area contributed by atoms with E-state index in [9.17, 15) is 9.90 Å². The first kappa shape index (κ1) is 43.8. The standard InChI is InChI=1S/C46H62NO6P3/c1-26-16-34(17-27(2)39(26)50-12)54-43(55-35-18-28(3)40(51-13)29(4)19-35)46(45(9,10)11)24-38(25-47(46)44(48)49)56(36-20-30(5)41(52-14)31(6)21-36)37-22-32(7)42(53-15)33(8)23-37/h16-23,38,43,54-55H,24-25H2,1-15H3,(H,48,49)/t38-,46+/m0/s1. The van der Waals surface area contributed by atoms with E-state index in [0.29, 0.717) is 23.7 Å². The summed E-state index contributed by atoms with van der Waals surface area (Å²) in [5.41, 5.74) is 7.67. The van der Waals surface area contributed by atoms with E-state index < -0.39 is 25.0 Å². The molecule has 1 fully saturated rings. The number of methoxy groups -OCH3 is 4. The number of benzene rings is 4. The molecule has 10 heteroatoms. The van der Waals surface area contributed by atoms with Crippen LogP contribution in [0.5, 0.6) is 23.0 Å². The van der Waals surface area contributed by atoms with Crippen LogP contribution in [0.15, 0.2) is 48.5 Å². The zero-order valence-electron chi connectivity index (χ0n) is 36.1. The van der Waals surface area contributed by atoms with Crippen molar-refractivity contribution >= 4 is 52.4 Å². The molecule has 0 bridgehead atoms. The van der Waals surface area contributed by atoms with Crippen LogP contribution in [0.3, 0.4) is 0 Å². The maximum absolute atomic E-state index is 14.0. The van der Waals surface area contributed by atoms with E-state index in [-0.39, 0.29) is 11.1 Å². The molecule has 1 amide bonds. The predicted molar refractivity (Wildman–Crippen MR) is 241 cm³/mol. The molecule has 0 aliphatic carbocycles. The van der Waals surface area contributed by atoms with Crippen molar-refractivity contribution in [2.45, 2.75) is 99.2 Å². The third-order valence-corrected chi connectivity index (χ3v) is 17.9. The first-order chi connectivity index (χ1) is 26.3. The molecule has 4 aromatic carbocycles. The van der Waals surface area contributed by atoms with Crippen LogP contribution in [0.1, 0.15) is 71.7 Å². The molecule has 1 saturated heterocycles. The summed E-state index contributed by atoms with van der Waals surface area (Å²) >= 11 is 0. The molecule has 4 aromatic rings. The second kappa shape index (κ2) is 17.2. The molecule has 1 aliphatic rings. The first-order valence-electron chi connectivity index (χ1n) is 19.3. The number of likely N-dealkylation sites (tertiary alicyclic amines) is 1. The second-order valence-electron chi connectivity index (χ2n) is 16.5. The van der Waals surface area contributed by atoms with E-state index in [4.69, 9.17) is 18.9 Å². The summed E-state index contributed by atoms with van der Waals surface area (Å²) in [6, 6.07) is 18.1. The van der Waals surface area contributed by atoms with Crippen LogP contribution in [0, 0.1) is 60.8 Å². The molecule has 1 heterocycles. The van der Waals surface area contributed by atoms with Gasteiger partial charge in [-0.25, -0.2) is 4.79 Å². The van der Waals surface area contributed by atoms with Gasteiger partial charge < -0.3 is 29.0 Å². The lowest BCUT2D eigenvalue weighted by Crippen LogP contribution is -2.60. The third-order valence-electron chi connectivity index (χ3n) is 11.6. The Kier molecular flexibility index (Phi) is 13.5. The Morgan fingerprint density at radius 1 is 0.643 bits per heavy atom. The first-order valence-corrected chi connectivity index (χ1v) is 22.8. The smallest absolute Gasteiger partial charge is 0.407 e. The van der Waals surface area contributed by atoms with Crippen molar-refractivity contribution in [3.05, 3.63) is 93.0 Å². The average molecular weight is 818 g/mol. The summed E-state index contributed by atoms with van der Waals surface area (Å²) in [4.78, 5) is 15.8. The Morgan fingerprint density at radius 3 is 1.21 bits per heavy atom. The number of carboxylic acid groups (broad SMARTS) is 1. The summed E-state index contributed by atoms with van der Waals surface area (Å²) in [7, 11) is 6.60. The van der Waals surface area contributed by atoms with Crippen LogP contribution in [0.2, 0.25) is 0 Å². The van der Waals surface area contributed by atoms with Gasteiger partial charge in [-0.2, -0.15) is 0 Å². The van der Waals surface area contributed by atoms with Gasteiger partial charge in [-0.15, -0.1) is 0 Å². The van der Waals surface area contributed by atoms with Crippen molar-refractivity contribution < 1.29 is 28.8 Å². The highest BCUT2D eigenvalue weighted by Gasteiger charge is 2.60. The average Bonchev–Trinajstić information content (AvgIpc) is 3.50. The van der Waals surface area contributed by atoms with E-state index in [2.05, 4.69) is 125 Å². The number of rotatable bonds is 12.